The lowest BCUT2D eigenvalue weighted by Crippen LogP contribution is -2.08. The Morgan fingerprint density at radius 1 is 1.29 bits per heavy atom. The Hall–Kier alpha value is -0.870. The Labute approximate surface area is 103 Å². The highest BCUT2D eigenvalue weighted by molar-refractivity contribution is 7.91. The van der Waals surface area contributed by atoms with Gasteiger partial charge in [0.2, 0.25) is 0 Å². The van der Waals surface area contributed by atoms with E-state index in [0.717, 1.165) is 12.0 Å². The molecule has 96 valence electrons. The highest BCUT2D eigenvalue weighted by Crippen LogP contribution is 2.15. The molecule has 0 spiro atoms. The number of benzene rings is 1. The van der Waals surface area contributed by atoms with E-state index >= 15 is 0 Å². The lowest BCUT2D eigenvalue weighted by molar-refractivity contribution is 0.181. The maximum atomic E-state index is 12.0. The molecule has 1 unspecified atom stereocenters. The fraction of sp³-hybridized carbons (Fsp3) is 0.538. The molecular formula is C13H20O3S. The summed E-state index contributed by atoms with van der Waals surface area (Å²) in [4.78, 5) is 0.398. The smallest absolute Gasteiger partial charge is 0.178 e. The molecular weight excluding hydrogens is 236 g/mol. The van der Waals surface area contributed by atoms with E-state index in [0.29, 0.717) is 17.7 Å². The first kappa shape index (κ1) is 14.2. The summed E-state index contributed by atoms with van der Waals surface area (Å²) in [6.07, 6.45) is 1.64. The number of aryl methyl sites for hydroxylation is 1. The van der Waals surface area contributed by atoms with E-state index in [-0.39, 0.29) is 11.9 Å². The van der Waals surface area contributed by atoms with Crippen LogP contribution in [-0.4, -0.2) is 25.4 Å². The molecule has 0 bridgehead atoms. The maximum absolute atomic E-state index is 12.0. The van der Waals surface area contributed by atoms with Crippen molar-refractivity contribution >= 4 is 9.84 Å². The van der Waals surface area contributed by atoms with Crippen LogP contribution in [0, 0.1) is 6.92 Å². The van der Waals surface area contributed by atoms with E-state index in [1.54, 1.807) is 25.1 Å². The minimum Gasteiger partial charge on any atom is -0.393 e. The zero-order valence-corrected chi connectivity index (χ0v) is 11.2. The van der Waals surface area contributed by atoms with Gasteiger partial charge in [-0.1, -0.05) is 12.1 Å². The molecule has 0 radical (unpaired) electrons. The molecule has 0 aromatic heterocycles. The van der Waals surface area contributed by atoms with E-state index in [2.05, 4.69) is 0 Å². The number of aliphatic hydroxyl groups is 1. The highest BCUT2D eigenvalue weighted by Gasteiger charge is 2.13. The standard InChI is InChI=1S/C13H20O3S/c1-11-6-5-8-13(10-11)17(15,16)9-4-3-7-12(2)14/h5-6,8,10,12,14H,3-4,7,9H2,1-2H3. The summed E-state index contributed by atoms with van der Waals surface area (Å²) in [5, 5.41) is 9.09. The molecule has 0 saturated heterocycles. The quantitative estimate of drug-likeness (QED) is 0.795. The van der Waals surface area contributed by atoms with Gasteiger partial charge < -0.3 is 5.11 Å². The second-order valence-corrected chi connectivity index (χ2v) is 6.59. The van der Waals surface area contributed by atoms with E-state index < -0.39 is 9.84 Å². The lowest BCUT2D eigenvalue weighted by atomic mass is 10.2. The van der Waals surface area contributed by atoms with Crippen LogP contribution in [0.15, 0.2) is 29.2 Å². The average molecular weight is 256 g/mol. The van der Waals surface area contributed by atoms with E-state index in [4.69, 9.17) is 5.11 Å². The van der Waals surface area contributed by atoms with Gasteiger partial charge in [-0.3, -0.25) is 0 Å². The van der Waals surface area contributed by atoms with E-state index in [1.807, 2.05) is 13.0 Å². The van der Waals surface area contributed by atoms with Crippen LogP contribution < -0.4 is 0 Å². The van der Waals surface area contributed by atoms with E-state index in [1.165, 1.54) is 0 Å². The van der Waals surface area contributed by atoms with Crippen molar-refractivity contribution in [1.29, 1.82) is 0 Å². The van der Waals surface area contributed by atoms with Crippen LogP contribution >= 0.6 is 0 Å². The fourth-order valence-electron chi connectivity index (χ4n) is 1.66. The van der Waals surface area contributed by atoms with Gasteiger partial charge in [0.15, 0.2) is 9.84 Å². The van der Waals surface area contributed by atoms with Crippen LogP contribution in [0.2, 0.25) is 0 Å². The first-order chi connectivity index (χ1) is 7.92. The molecule has 0 saturated carbocycles. The molecule has 4 heteroatoms. The molecule has 1 aromatic rings. The van der Waals surface area contributed by atoms with Crippen molar-refractivity contribution in [3.63, 3.8) is 0 Å². The van der Waals surface area contributed by atoms with Gasteiger partial charge in [0.25, 0.3) is 0 Å². The Kier molecular flexibility index (Phi) is 5.15. The summed E-state index contributed by atoms with van der Waals surface area (Å²) in [5.74, 6) is 0.156. The van der Waals surface area contributed by atoms with Gasteiger partial charge in [-0.25, -0.2) is 8.42 Å². The van der Waals surface area contributed by atoms with Crippen LogP contribution in [0.1, 0.15) is 31.7 Å². The van der Waals surface area contributed by atoms with Gasteiger partial charge >= 0.3 is 0 Å². The molecule has 3 nitrogen and oxygen atoms in total. The third kappa shape index (κ3) is 4.88. The molecule has 0 fully saturated rings. The number of hydrogen-bond donors (Lipinski definition) is 1. The largest absolute Gasteiger partial charge is 0.393 e. The van der Waals surface area contributed by atoms with Crippen molar-refractivity contribution in [2.24, 2.45) is 0 Å². The summed E-state index contributed by atoms with van der Waals surface area (Å²) in [6.45, 7) is 3.60. The summed E-state index contributed by atoms with van der Waals surface area (Å²) in [5.41, 5.74) is 0.954. The first-order valence-corrected chi connectivity index (χ1v) is 7.54. The second-order valence-electron chi connectivity index (χ2n) is 4.48. The molecule has 1 atom stereocenters. The third-order valence-electron chi connectivity index (χ3n) is 2.63. The molecule has 0 amide bonds. The van der Waals surface area contributed by atoms with Gasteiger partial charge in [-0.15, -0.1) is 0 Å². The monoisotopic (exact) mass is 256 g/mol. The van der Waals surface area contributed by atoms with Crippen LogP contribution in [0.3, 0.4) is 0 Å². The molecule has 0 aliphatic rings. The Morgan fingerprint density at radius 2 is 2.00 bits per heavy atom. The summed E-state index contributed by atoms with van der Waals surface area (Å²) in [7, 11) is -3.16. The maximum Gasteiger partial charge on any atom is 0.178 e. The molecule has 0 heterocycles. The van der Waals surface area contributed by atoms with Crippen molar-refractivity contribution < 1.29 is 13.5 Å². The van der Waals surface area contributed by atoms with Crippen molar-refractivity contribution in [2.45, 2.75) is 44.1 Å². The third-order valence-corrected chi connectivity index (χ3v) is 4.43. The average Bonchev–Trinajstić information content (AvgIpc) is 2.24. The summed E-state index contributed by atoms with van der Waals surface area (Å²) >= 11 is 0. The SMILES string of the molecule is Cc1cccc(S(=O)(=O)CCCCC(C)O)c1. The normalized spacial score (nSPS) is 13.6. The number of rotatable bonds is 6. The van der Waals surface area contributed by atoms with Crippen molar-refractivity contribution in [3.05, 3.63) is 29.8 Å². The number of unbranched alkanes of at least 4 members (excludes halogenated alkanes) is 1. The second kappa shape index (κ2) is 6.17. The van der Waals surface area contributed by atoms with Gasteiger partial charge in [0.1, 0.15) is 0 Å². The van der Waals surface area contributed by atoms with Crippen molar-refractivity contribution in [1.82, 2.24) is 0 Å². The van der Waals surface area contributed by atoms with Crippen molar-refractivity contribution in [2.75, 3.05) is 5.75 Å². The van der Waals surface area contributed by atoms with Crippen LogP contribution in [0.25, 0.3) is 0 Å². The fourth-order valence-corrected chi connectivity index (χ4v) is 3.13. The minimum atomic E-state index is -3.16. The van der Waals surface area contributed by atoms with Gasteiger partial charge in [-0.2, -0.15) is 0 Å². The molecule has 0 aliphatic carbocycles. The Bertz CT molecular complexity index is 449. The predicted octanol–water partition coefficient (Wildman–Crippen LogP) is 2.32. The Morgan fingerprint density at radius 3 is 2.59 bits per heavy atom. The van der Waals surface area contributed by atoms with Crippen LogP contribution in [-0.2, 0) is 9.84 Å². The zero-order valence-electron chi connectivity index (χ0n) is 10.4. The zero-order chi connectivity index (χ0) is 12.9. The highest BCUT2D eigenvalue weighted by atomic mass is 32.2. The minimum absolute atomic E-state index is 0.156. The summed E-state index contributed by atoms with van der Waals surface area (Å²) in [6, 6.07) is 6.98. The lowest BCUT2D eigenvalue weighted by Gasteiger charge is -2.06. The first-order valence-electron chi connectivity index (χ1n) is 5.89. The van der Waals surface area contributed by atoms with E-state index in [9.17, 15) is 8.42 Å². The topological polar surface area (TPSA) is 54.4 Å². The number of sulfone groups is 1. The number of aliphatic hydroxyl groups excluding tert-OH is 1. The van der Waals surface area contributed by atoms with Crippen molar-refractivity contribution in [3.8, 4) is 0 Å². The molecule has 17 heavy (non-hydrogen) atoms. The van der Waals surface area contributed by atoms with Gasteiger partial charge in [-0.05, 0) is 50.8 Å². The molecule has 1 rings (SSSR count). The Balaban J connectivity index is 2.57. The van der Waals surface area contributed by atoms with Crippen LogP contribution in [0.4, 0.5) is 0 Å². The molecule has 1 N–H and O–H groups in total. The van der Waals surface area contributed by atoms with Gasteiger partial charge in [0, 0.05) is 0 Å². The molecule has 0 aliphatic heterocycles. The predicted molar refractivity (Wildman–Crippen MR) is 68.8 cm³/mol. The number of hydrogen-bond acceptors (Lipinski definition) is 3. The van der Waals surface area contributed by atoms with Gasteiger partial charge in [0.05, 0.1) is 16.8 Å². The summed E-state index contributed by atoms with van der Waals surface area (Å²) < 4.78 is 23.9. The molecule has 1 aromatic carbocycles. The van der Waals surface area contributed by atoms with Crippen LogP contribution in [0.5, 0.6) is 0 Å².